The molecule has 1 heterocycles. The maximum Gasteiger partial charge on any atom is 0.120 e. The molecule has 6 heteroatoms. The molecule has 3 N–H and O–H groups in total. The maximum absolute atomic E-state index is 9.45. The molecule has 0 aliphatic carbocycles. The van der Waals surface area contributed by atoms with E-state index in [1.165, 1.54) is 0 Å². The third kappa shape index (κ3) is 3.78. The van der Waals surface area contributed by atoms with Crippen LogP contribution in [0.15, 0.2) is 48.5 Å². The van der Waals surface area contributed by atoms with Crippen LogP contribution in [0.25, 0.3) is 5.69 Å². The molecule has 0 aliphatic rings. The van der Waals surface area contributed by atoms with Crippen molar-refractivity contribution in [2.45, 2.75) is 19.4 Å². The Morgan fingerprint density at radius 2 is 1.92 bits per heavy atom. The van der Waals surface area contributed by atoms with Crippen LogP contribution in [-0.2, 0) is 6.42 Å². The van der Waals surface area contributed by atoms with E-state index < -0.39 is 0 Å². The summed E-state index contributed by atoms with van der Waals surface area (Å²) in [5.41, 5.74) is 9.59. The first-order valence-electron chi connectivity index (χ1n) is 7.94. The van der Waals surface area contributed by atoms with Gasteiger partial charge in [-0.2, -0.15) is 5.10 Å². The normalized spacial score (nSPS) is 12.2. The molecular weight excluding hydrogens is 338 g/mol. The maximum atomic E-state index is 9.45. The minimum absolute atomic E-state index is 0.183. The van der Waals surface area contributed by atoms with Crippen molar-refractivity contribution in [3.63, 3.8) is 0 Å². The third-order valence-electron chi connectivity index (χ3n) is 3.97. The van der Waals surface area contributed by atoms with Crippen LogP contribution in [0.5, 0.6) is 11.5 Å². The molecule has 130 valence electrons. The molecule has 0 saturated carbocycles. The van der Waals surface area contributed by atoms with Gasteiger partial charge < -0.3 is 15.6 Å². The van der Waals surface area contributed by atoms with E-state index in [9.17, 15) is 5.11 Å². The third-order valence-corrected chi connectivity index (χ3v) is 4.28. The zero-order chi connectivity index (χ0) is 18.0. The van der Waals surface area contributed by atoms with Crippen LogP contribution in [0.3, 0.4) is 0 Å². The molecule has 0 bridgehead atoms. The predicted molar refractivity (Wildman–Crippen MR) is 98.6 cm³/mol. The van der Waals surface area contributed by atoms with Crippen molar-refractivity contribution in [3.05, 3.63) is 70.5 Å². The molecule has 0 aliphatic heterocycles. The Morgan fingerprint density at radius 3 is 2.52 bits per heavy atom. The molecule has 3 aromatic rings. The second-order valence-electron chi connectivity index (χ2n) is 5.92. The van der Waals surface area contributed by atoms with Crippen LogP contribution in [0.1, 0.15) is 29.9 Å². The lowest BCUT2D eigenvalue weighted by atomic mass is 10.1. The lowest BCUT2D eigenvalue weighted by Crippen LogP contribution is -2.07. The molecule has 25 heavy (non-hydrogen) atoms. The standard InChI is InChI=1S/C19H20ClN3O2/c1-12(21)18-10-14(9-13-3-5-15(24)6-4-13)23(22-18)19-8-7-16(25-2)11-17(19)20/h3-8,10-12,24H,9,21H2,1-2H3. The first-order valence-corrected chi connectivity index (χ1v) is 8.32. The Balaban J connectivity index is 2.04. The van der Waals surface area contributed by atoms with Gasteiger partial charge in [0.25, 0.3) is 0 Å². The first kappa shape index (κ1) is 17.3. The number of nitrogens with zero attached hydrogens (tertiary/aromatic N) is 2. The molecule has 1 unspecified atom stereocenters. The average Bonchev–Trinajstić information content (AvgIpc) is 3.00. The highest BCUT2D eigenvalue weighted by atomic mass is 35.5. The number of halogens is 1. The van der Waals surface area contributed by atoms with E-state index in [1.54, 1.807) is 25.3 Å². The van der Waals surface area contributed by atoms with Crippen molar-refractivity contribution in [2.24, 2.45) is 5.73 Å². The fraction of sp³-hybridized carbons (Fsp3) is 0.211. The van der Waals surface area contributed by atoms with Crippen LogP contribution in [0, 0.1) is 0 Å². The van der Waals surface area contributed by atoms with Crippen molar-refractivity contribution in [3.8, 4) is 17.2 Å². The molecule has 1 aromatic heterocycles. The summed E-state index contributed by atoms with van der Waals surface area (Å²) in [5, 5.41) is 14.6. The number of hydrogen-bond acceptors (Lipinski definition) is 4. The summed E-state index contributed by atoms with van der Waals surface area (Å²) < 4.78 is 7.02. The Hall–Kier alpha value is -2.50. The Kier molecular flexibility index (Phi) is 4.97. The summed E-state index contributed by atoms with van der Waals surface area (Å²) >= 11 is 6.42. The number of aromatic hydroxyl groups is 1. The smallest absolute Gasteiger partial charge is 0.120 e. The number of methoxy groups -OCH3 is 1. The summed E-state index contributed by atoms with van der Waals surface area (Å²) in [4.78, 5) is 0. The highest BCUT2D eigenvalue weighted by molar-refractivity contribution is 6.32. The van der Waals surface area contributed by atoms with E-state index >= 15 is 0 Å². The summed E-state index contributed by atoms with van der Waals surface area (Å²) in [5.74, 6) is 0.931. The lowest BCUT2D eigenvalue weighted by molar-refractivity contribution is 0.414. The number of nitrogens with two attached hydrogens (primary N) is 1. The molecule has 0 fully saturated rings. The number of benzene rings is 2. The summed E-state index contributed by atoms with van der Waals surface area (Å²) in [6, 6.07) is 14.4. The Morgan fingerprint density at radius 1 is 1.20 bits per heavy atom. The van der Waals surface area contributed by atoms with E-state index in [-0.39, 0.29) is 11.8 Å². The van der Waals surface area contributed by atoms with Crippen molar-refractivity contribution < 1.29 is 9.84 Å². The van der Waals surface area contributed by atoms with Gasteiger partial charge in [-0.05, 0) is 42.8 Å². The lowest BCUT2D eigenvalue weighted by Gasteiger charge is -2.11. The molecule has 0 saturated heterocycles. The minimum atomic E-state index is -0.183. The van der Waals surface area contributed by atoms with Gasteiger partial charge in [0.15, 0.2) is 0 Å². The number of hydrogen-bond donors (Lipinski definition) is 2. The number of aromatic nitrogens is 2. The zero-order valence-electron chi connectivity index (χ0n) is 14.1. The summed E-state index contributed by atoms with van der Waals surface area (Å²) in [7, 11) is 1.60. The molecule has 0 amide bonds. The van der Waals surface area contributed by atoms with Crippen LogP contribution in [0.4, 0.5) is 0 Å². The van der Waals surface area contributed by atoms with Gasteiger partial charge in [-0.15, -0.1) is 0 Å². The van der Waals surface area contributed by atoms with Gasteiger partial charge in [0, 0.05) is 24.2 Å². The van der Waals surface area contributed by atoms with Gasteiger partial charge in [-0.1, -0.05) is 23.7 Å². The van der Waals surface area contributed by atoms with E-state index in [2.05, 4.69) is 5.10 Å². The number of ether oxygens (including phenoxy) is 1. The molecule has 0 radical (unpaired) electrons. The SMILES string of the molecule is COc1ccc(-n2nc(C(C)N)cc2Cc2ccc(O)cc2)c(Cl)c1. The monoisotopic (exact) mass is 357 g/mol. The second kappa shape index (κ2) is 7.17. The van der Waals surface area contributed by atoms with Gasteiger partial charge in [0.05, 0.1) is 23.5 Å². The zero-order valence-corrected chi connectivity index (χ0v) is 14.9. The van der Waals surface area contributed by atoms with Crippen molar-refractivity contribution in [2.75, 3.05) is 7.11 Å². The minimum Gasteiger partial charge on any atom is -0.508 e. The van der Waals surface area contributed by atoms with Gasteiger partial charge in [-0.3, -0.25) is 0 Å². The van der Waals surface area contributed by atoms with Crippen LogP contribution in [0.2, 0.25) is 5.02 Å². The van der Waals surface area contributed by atoms with Crippen molar-refractivity contribution >= 4 is 11.6 Å². The largest absolute Gasteiger partial charge is 0.508 e. The van der Waals surface area contributed by atoms with Crippen LogP contribution in [-0.4, -0.2) is 22.0 Å². The fourth-order valence-electron chi connectivity index (χ4n) is 2.61. The van der Waals surface area contributed by atoms with Gasteiger partial charge >= 0.3 is 0 Å². The quantitative estimate of drug-likeness (QED) is 0.727. The number of phenolic OH excluding ortho intramolecular Hbond substituents is 1. The van der Waals surface area contributed by atoms with E-state index in [0.29, 0.717) is 17.2 Å². The highest BCUT2D eigenvalue weighted by Crippen LogP contribution is 2.28. The van der Waals surface area contributed by atoms with Crippen LogP contribution >= 0.6 is 11.6 Å². The van der Waals surface area contributed by atoms with Gasteiger partial charge in [-0.25, -0.2) is 4.68 Å². The van der Waals surface area contributed by atoms with Crippen molar-refractivity contribution in [1.29, 1.82) is 0 Å². The molecule has 0 spiro atoms. The Labute approximate surface area is 151 Å². The van der Waals surface area contributed by atoms with Crippen LogP contribution < -0.4 is 10.5 Å². The van der Waals surface area contributed by atoms with E-state index in [0.717, 1.165) is 22.6 Å². The summed E-state index contributed by atoms with van der Waals surface area (Å²) in [6.45, 7) is 1.90. The molecule has 5 nitrogen and oxygen atoms in total. The van der Waals surface area contributed by atoms with Gasteiger partial charge in [0.1, 0.15) is 11.5 Å². The molecular formula is C19H20ClN3O2. The first-order chi connectivity index (χ1) is 12.0. The molecule has 3 rings (SSSR count). The van der Waals surface area contributed by atoms with Crippen molar-refractivity contribution in [1.82, 2.24) is 9.78 Å². The Bertz CT molecular complexity index is 873. The van der Waals surface area contributed by atoms with Gasteiger partial charge in [0.2, 0.25) is 0 Å². The fourth-order valence-corrected chi connectivity index (χ4v) is 2.86. The molecule has 2 aromatic carbocycles. The van der Waals surface area contributed by atoms with E-state index in [1.807, 2.05) is 41.9 Å². The topological polar surface area (TPSA) is 73.3 Å². The second-order valence-corrected chi connectivity index (χ2v) is 6.33. The average molecular weight is 358 g/mol. The number of rotatable bonds is 5. The number of phenols is 1. The summed E-state index contributed by atoms with van der Waals surface area (Å²) in [6.07, 6.45) is 0.641. The highest BCUT2D eigenvalue weighted by Gasteiger charge is 2.15. The predicted octanol–water partition coefficient (Wildman–Crippen LogP) is 3.85. The van der Waals surface area contributed by atoms with E-state index in [4.69, 9.17) is 22.1 Å². The molecule has 1 atom stereocenters.